The molecule has 3 aliphatic rings. The molecule has 0 saturated carbocycles. The lowest BCUT2D eigenvalue weighted by atomic mass is 9.71. The van der Waals surface area contributed by atoms with E-state index in [2.05, 4.69) is 23.5 Å². The van der Waals surface area contributed by atoms with E-state index in [1.54, 1.807) is 38.4 Å². The molecule has 39 heavy (non-hydrogen) atoms. The lowest BCUT2D eigenvalue weighted by Crippen LogP contribution is -2.57. The van der Waals surface area contributed by atoms with Crippen molar-refractivity contribution in [2.75, 3.05) is 19.8 Å². The Morgan fingerprint density at radius 1 is 1.33 bits per heavy atom. The van der Waals surface area contributed by atoms with Crippen LogP contribution < -0.4 is 0 Å². The first kappa shape index (κ1) is 27.4. The zero-order chi connectivity index (χ0) is 27.7. The Labute approximate surface area is 232 Å². The zero-order valence-electron chi connectivity index (χ0n) is 22.1. The number of aliphatic hydroxyl groups is 1. The Morgan fingerprint density at radius 3 is 2.85 bits per heavy atom. The second kappa shape index (κ2) is 11.1. The molecule has 3 saturated heterocycles. The summed E-state index contributed by atoms with van der Waals surface area (Å²) < 4.78 is 6.43. The molecule has 5 rings (SSSR count). The molecule has 2 aromatic rings. The molecule has 2 unspecified atom stereocenters. The number of amides is 2. The van der Waals surface area contributed by atoms with Crippen LogP contribution in [0.15, 0.2) is 49.6 Å². The van der Waals surface area contributed by atoms with Gasteiger partial charge in [-0.25, -0.2) is 4.68 Å². The number of rotatable bonds is 12. The third kappa shape index (κ3) is 4.45. The van der Waals surface area contributed by atoms with Crippen molar-refractivity contribution >= 4 is 40.6 Å². The standard InChI is InChI=1S/C28H35N5O5S/c1-4-7-15-38-27(37)22-21-12-13-28(39-21)23(22)25(35)33(18(6-3)16-34)24(28)26(36)31(14-5-2)17-32-20-11-9-8-10-19(20)29-30-32/h4-5,8-11,18,21-24,34H,1-2,6-7,12-17H2,3H3/t18-,21+,22-,23-,24?,28?/m0/s1. The molecule has 6 atom stereocenters. The lowest BCUT2D eigenvalue weighted by molar-refractivity contribution is -0.154. The van der Waals surface area contributed by atoms with Crippen molar-refractivity contribution in [1.82, 2.24) is 24.8 Å². The van der Waals surface area contributed by atoms with Crippen molar-refractivity contribution in [2.45, 2.75) is 61.4 Å². The fourth-order valence-corrected chi connectivity index (χ4v) is 8.70. The summed E-state index contributed by atoms with van der Waals surface area (Å²) in [4.78, 5) is 45.1. The number of aliphatic hydroxyl groups excluding tert-OH is 1. The van der Waals surface area contributed by atoms with Crippen molar-refractivity contribution in [1.29, 1.82) is 0 Å². The molecule has 0 radical (unpaired) electrons. The molecule has 11 heteroatoms. The molecule has 4 heterocycles. The molecule has 3 aliphatic heterocycles. The van der Waals surface area contributed by atoms with Crippen molar-refractivity contribution in [3.05, 3.63) is 49.6 Å². The number of esters is 1. The number of ether oxygens (including phenoxy) is 1. The van der Waals surface area contributed by atoms with Crippen LogP contribution in [0.1, 0.15) is 32.6 Å². The van der Waals surface area contributed by atoms with Gasteiger partial charge in [0.05, 0.1) is 41.4 Å². The third-order valence-corrected chi connectivity index (χ3v) is 10.2. The highest BCUT2D eigenvalue weighted by Gasteiger charge is 2.74. The SMILES string of the molecule is C=CCCOC(=O)[C@@H]1[C@H]2C(=O)N([C@@H](CC)CO)C(C(=O)N(CC=C)Cn3nnc4ccccc43)C23CC[C@H]1S3. The zero-order valence-corrected chi connectivity index (χ0v) is 23.0. The summed E-state index contributed by atoms with van der Waals surface area (Å²) >= 11 is 1.58. The quantitative estimate of drug-likeness (QED) is 0.242. The van der Waals surface area contributed by atoms with Crippen molar-refractivity contribution in [2.24, 2.45) is 11.8 Å². The van der Waals surface area contributed by atoms with Crippen LogP contribution in [0.3, 0.4) is 0 Å². The van der Waals surface area contributed by atoms with Crippen LogP contribution in [-0.4, -0.2) is 89.5 Å². The predicted octanol–water partition coefficient (Wildman–Crippen LogP) is 2.38. The normalized spacial score (nSPS) is 27.9. The van der Waals surface area contributed by atoms with E-state index in [0.29, 0.717) is 24.8 Å². The molecule has 1 aromatic heterocycles. The van der Waals surface area contributed by atoms with Gasteiger partial charge in [0.15, 0.2) is 0 Å². The van der Waals surface area contributed by atoms with Gasteiger partial charge in [0.2, 0.25) is 11.8 Å². The third-order valence-electron chi connectivity index (χ3n) is 8.27. The minimum absolute atomic E-state index is 0.0889. The van der Waals surface area contributed by atoms with Gasteiger partial charge in [0, 0.05) is 11.8 Å². The number of likely N-dealkylation sites (tertiary alicyclic amines) is 1. The predicted molar refractivity (Wildman–Crippen MR) is 147 cm³/mol. The molecule has 208 valence electrons. The number of hydrogen-bond acceptors (Lipinski definition) is 8. The maximum absolute atomic E-state index is 14.5. The maximum Gasteiger partial charge on any atom is 0.310 e. The van der Waals surface area contributed by atoms with Gasteiger partial charge >= 0.3 is 5.97 Å². The van der Waals surface area contributed by atoms with Crippen LogP contribution in [-0.2, 0) is 25.8 Å². The number of carbonyl (C=O) groups excluding carboxylic acids is 3. The number of carbonyl (C=O) groups is 3. The van der Waals surface area contributed by atoms with Crippen molar-refractivity contribution < 1.29 is 24.2 Å². The average Bonchev–Trinajstić information content (AvgIpc) is 3.69. The van der Waals surface area contributed by atoms with Gasteiger partial charge in [-0.1, -0.05) is 36.4 Å². The first-order chi connectivity index (χ1) is 18.9. The number of benzene rings is 1. The van der Waals surface area contributed by atoms with Gasteiger partial charge in [0.1, 0.15) is 18.2 Å². The van der Waals surface area contributed by atoms with Gasteiger partial charge < -0.3 is 19.6 Å². The number of nitrogens with zero attached hydrogens (tertiary/aromatic N) is 5. The van der Waals surface area contributed by atoms with Gasteiger partial charge in [0.25, 0.3) is 0 Å². The minimum atomic E-state index is -0.831. The second-order valence-corrected chi connectivity index (χ2v) is 12.0. The number of para-hydroxylation sites is 1. The summed E-state index contributed by atoms with van der Waals surface area (Å²) in [5.74, 6) is -2.18. The second-order valence-electron chi connectivity index (χ2n) is 10.4. The Bertz CT molecular complexity index is 1280. The molecule has 1 spiro atoms. The molecular weight excluding hydrogens is 518 g/mol. The molecule has 1 N–H and O–H groups in total. The summed E-state index contributed by atoms with van der Waals surface area (Å²) in [6, 6.07) is 6.14. The highest BCUT2D eigenvalue weighted by atomic mass is 32.2. The number of hydrogen-bond donors (Lipinski definition) is 1. The summed E-state index contributed by atoms with van der Waals surface area (Å²) in [7, 11) is 0. The van der Waals surface area contributed by atoms with E-state index in [0.717, 1.165) is 11.9 Å². The number of thioether (sulfide) groups is 1. The summed E-state index contributed by atoms with van der Waals surface area (Å²) in [5, 5.41) is 18.6. The monoisotopic (exact) mass is 553 g/mol. The van der Waals surface area contributed by atoms with Crippen LogP contribution in [0.5, 0.6) is 0 Å². The number of fused-ring (bicyclic) bond motifs is 2. The van der Waals surface area contributed by atoms with Gasteiger partial charge in [-0.2, -0.15) is 0 Å². The summed E-state index contributed by atoms with van der Waals surface area (Å²) in [6.07, 6.45) is 5.70. The Balaban J connectivity index is 1.51. The highest BCUT2D eigenvalue weighted by molar-refractivity contribution is 8.02. The van der Waals surface area contributed by atoms with Crippen LogP contribution >= 0.6 is 11.8 Å². The summed E-state index contributed by atoms with van der Waals surface area (Å²) in [6.45, 7) is 9.71. The fourth-order valence-electron chi connectivity index (χ4n) is 6.51. The van der Waals surface area contributed by atoms with Crippen LogP contribution in [0.2, 0.25) is 0 Å². The van der Waals surface area contributed by atoms with E-state index in [1.165, 1.54) is 0 Å². The molecule has 2 amide bonds. The van der Waals surface area contributed by atoms with Gasteiger partial charge in [-0.15, -0.1) is 30.0 Å². The van der Waals surface area contributed by atoms with Crippen LogP contribution in [0.4, 0.5) is 0 Å². The number of aromatic nitrogens is 3. The highest BCUT2D eigenvalue weighted by Crippen LogP contribution is 2.67. The van der Waals surface area contributed by atoms with E-state index in [1.807, 2.05) is 31.2 Å². The topological polar surface area (TPSA) is 118 Å². The van der Waals surface area contributed by atoms with E-state index in [-0.39, 0.29) is 43.5 Å². The fraction of sp³-hybridized carbons (Fsp3) is 0.536. The van der Waals surface area contributed by atoms with Gasteiger partial charge in [-0.05, 0) is 37.8 Å². The minimum Gasteiger partial charge on any atom is -0.465 e. The van der Waals surface area contributed by atoms with Crippen LogP contribution in [0, 0.1) is 11.8 Å². The molecule has 1 aromatic carbocycles. The van der Waals surface area contributed by atoms with E-state index < -0.39 is 34.6 Å². The van der Waals surface area contributed by atoms with Crippen molar-refractivity contribution in [3.8, 4) is 0 Å². The van der Waals surface area contributed by atoms with Gasteiger partial charge in [-0.3, -0.25) is 14.4 Å². The molecular formula is C28H35N5O5S. The average molecular weight is 554 g/mol. The van der Waals surface area contributed by atoms with Crippen molar-refractivity contribution in [3.63, 3.8) is 0 Å². The maximum atomic E-state index is 14.5. The van der Waals surface area contributed by atoms with E-state index >= 15 is 0 Å². The molecule has 2 bridgehead atoms. The largest absolute Gasteiger partial charge is 0.465 e. The van der Waals surface area contributed by atoms with E-state index in [9.17, 15) is 19.5 Å². The Morgan fingerprint density at radius 2 is 2.13 bits per heavy atom. The Kier molecular flexibility index (Phi) is 7.82. The summed E-state index contributed by atoms with van der Waals surface area (Å²) in [5.41, 5.74) is 1.50. The lowest BCUT2D eigenvalue weighted by Gasteiger charge is -2.39. The Hall–Kier alpha value is -3.18. The van der Waals surface area contributed by atoms with Crippen LogP contribution in [0.25, 0.3) is 11.0 Å². The van der Waals surface area contributed by atoms with E-state index in [4.69, 9.17) is 4.74 Å². The first-order valence-corrected chi connectivity index (χ1v) is 14.4. The molecule has 10 nitrogen and oxygen atoms in total. The first-order valence-electron chi connectivity index (χ1n) is 13.5. The smallest absolute Gasteiger partial charge is 0.310 e. The molecule has 3 fully saturated rings. The molecule has 0 aliphatic carbocycles.